The third-order valence-corrected chi connectivity index (χ3v) is 11.6. The molecular formula is C54H99NO5. The summed E-state index contributed by atoms with van der Waals surface area (Å²) in [7, 11) is 0. The number of carbonyl (C=O) groups excluding carboxylic acids is 1. The van der Waals surface area contributed by atoms with E-state index in [0.29, 0.717) is 19.3 Å². The molecule has 0 radical (unpaired) electrons. The Morgan fingerprint density at radius 1 is 0.417 bits per heavy atom. The lowest BCUT2D eigenvalue weighted by Crippen LogP contribution is -2.53. The van der Waals surface area contributed by atoms with Crippen molar-refractivity contribution >= 4 is 5.91 Å². The van der Waals surface area contributed by atoms with Gasteiger partial charge in [-0.2, -0.15) is 0 Å². The summed E-state index contributed by atoms with van der Waals surface area (Å²) in [5.41, 5.74) is 0. The zero-order chi connectivity index (χ0) is 43.8. The normalized spacial score (nSPS) is 14.4. The molecule has 5 N–H and O–H groups in total. The highest BCUT2D eigenvalue weighted by Crippen LogP contribution is 2.16. The van der Waals surface area contributed by atoms with Crippen LogP contribution in [0.25, 0.3) is 0 Å². The monoisotopic (exact) mass is 842 g/mol. The van der Waals surface area contributed by atoms with E-state index in [1.165, 1.54) is 148 Å². The van der Waals surface area contributed by atoms with Crippen molar-refractivity contribution in [3.05, 3.63) is 60.8 Å². The molecular weight excluding hydrogens is 743 g/mol. The number of hydrogen-bond acceptors (Lipinski definition) is 5. The first-order valence-electron chi connectivity index (χ1n) is 25.7. The second kappa shape index (κ2) is 48.0. The Labute approximate surface area is 372 Å². The lowest BCUT2D eigenvalue weighted by molar-refractivity contribution is -0.132. The van der Waals surface area contributed by atoms with Gasteiger partial charge in [0, 0.05) is 0 Å². The summed E-state index contributed by atoms with van der Waals surface area (Å²) in [5.74, 6) is -0.601. The van der Waals surface area contributed by atoms with Gasteiger partial charge in [0.25, 0.3) is 0 Å². The lowest BCUT2D eigenvalue weighted by atomic mass is 10.00. The smallest absolute Gasteiger partial charge is 0.249 e. The summed E-state index contributed by atoms with van der Waals surface area (Å²) in [4.78, 5) is 12.5. The molecule has 0 aliphatic heterocycles. The summed E-state index contributed by atoms with van der Waals surface area (Å²) >= 11 is 0. The Morgan fingerprint density at radius 2 is 0.783 bits per heavy atom. The first-order valence-corrected chi connectivity index (χ1v) is 25.7. The molecule has 6 heteroatoms. The highest BCUT2D eigenvalue weighted by Gasteiger charge is 2.28. The van der Waals surface area contributed by atoms with Crippen molar-refractivity contribution in [1.82, 2.24) is 5.32 Å². The predicted molar refractivity (Wildman–Crippen MR) is 260 cm³/mol. The van der Waals surface area contributed by atoms with E-state index in [-0.39, 0.29) is 0 Å². The molecule has 0 spiro atoms. The van der Waals surface area contributed by atoms with Crippen LogP contribution in [-0.2, 0) is 4.79 Å². The van der Waals surface area contributed by atoms with E-state index in [9.17, 15) is 25.2 Å². The maximum atomic E-state index is 12.5. The topological polar surface area (TPSA) is 110 Å². The van der Waals surface area contributed by atoms with Gasteiger partial charge < -0.3 is 25.7 Å². The van der Waals surface area contributed by atoms with Crippen LogP contribution in [0, 0.1) is 0 Å². The largest absolute Gasteiger partial charge is 0.394 e. The molecule has 350 valence electrons. The first-order chi connectivity index (χ1) is 29.5. The van der Waals surface area contributed by atoms with E-state index in [2.05, 4.69) is 79.9 Å². The molecule has 0 saturated carbocycles. The minimum atomic E-state index is -1.29. The van der Waals surface area contributed by atoms with Crippen LogP contribution >= 0.6 is 0 Å². The van der Waals surface area contributed by atoms with Crippen LogP contribution in [0.4, 0.5) is 0 Å². The molecule has 4 unspecified atom stereocenters. The SMILES string of the molecule is CCC/C=C/CC/C=C/CC/C=C/CCCC(O)C(O)C(CO)NC(=O)C(O)CCCCCCCCCCCCCCCC/C=C\C/C=C\CCCCCCCCCCC. The van der Waals surface area contributed by atoms with Gasteiger partial charge in [-0.25, -0.2) is 0 Å². The molecule has 0 heterocycles. The maximum Gasteiger partial charge on any atom is 0.249 e. The summed E-state index contributed by atoms with van der Waals surface area (Å²) in [5, 5.41) is 43.7. The van der Waals surface area contributed by atoms with Crippen molar-refractivity contribution in [3.63, 3.8) is 0 Å². The van der Waals surface area contributed by atoms with Gasteiger partial charge in [-0.3, -0.25) is 4.79 Å². The molecule has 0 bridgehead atoms. The average Bonchev–Trinajstić information content (AvgIpc) is 3.25. The van der Waals surface area contributed by atoms with Crippen LogP contribution in [0.15, 0.2) is 60.8 Å². The number of aliphatic hydroxyl groups excluding tert-OH is 4. The van der Waals surface area contributed by atoms with Crippen LogP contribution in [0.1, 0.15) is 245 Å². The van der Waals surface area contributed by atoms with E-state index in [1.807, 2.05) is 0 Å². The minimum Gasteiger partial charge on any atom is -0.394 e. The maximum absolute atomic E-state index is 12.5. The van der Waals surface area contributed by atoms with Crippen LogP contribution in [0.2, 0.25) is 0 Å². The van der Waals surface area contributed by atoms with Gasteiger partial charge in [-0.1, -0.05) is 216 Å². The van der Waals surface area contributed by atoms with Gasteiger partial charge in [0.2, 0.25) is 5.91 Å². The highest BCUT2D eigenvalue weighted by molar-refractivity contribution is 5.80. The Morgan fingerprint density at radius 3 is 1.22 bits per heavy atom. The third-order valence-electron chi connectivity index (χ3n) is 11.6. The Bertz CT molecular complexity index is 1040. The third kappa shape index (κ3) is 41.4. The number of hydrogen-bond donors (Lipinski definition) is 5. The summed E-state index contributed by atoms with van der Waals surface area (Å²) in [6, 6.07) is -1.01. The van der Waals surface area contributed by atoms with Crippen LogP contribution in [0.5, 0.6) is 0 Å². The number of rotatable bonds is 46. The van der Waals surface area contributed by atoms with Gasteiger partial charge in [-0.05, 0) is 89.9 Å². The molecule has 4 atom stereocenters. The van der Waals surface area contributed by atoms with Crippen LogP contribution in [0.3, 0.4) is 0 Å². The van der Waals surface area contributed by atoms with Gasteiger partial charge in [0.15, 0.2) is 0 Å². The number of carbonyl (C=O) groups is 1. The molecule has 0 aromatic heterocycles. The van der Waals surface area contributed by atoms with Crippen molar-refractivity contribution in [2.75, 3.05) is 6.61 Å². The molecule has 0 aromatic carbocycles. The first kappa shape index (κ1) is 58.0. The van der Waals surface area contributed by atoms with E-state index in [4.69, 9.17) is 0 Å². The fourth-order valence-electron chi connectivity index (χ4n) is 7.59. The number of amides is 1. The summed E-state index contributed by atoms with van der Waals surface area (Å²) in [6.07, 6.45) is 61.4. The minimum absolute atomic E-state index is 0.356. The molecule has 60 heavy (non-hydrogen) atoms. The second-order valence-electron chi connectivity index (χ2n) is 17.5. The Hall–Kier alpha value is -1.99. The number of aliphatic hydroxyl groups is 4. The predicted octanol–water partition coefficient (Wildman–Crippen LogP) is 14.4. The zero-order valence-corrected chi connectivity index (χ0v) is 39.4. The molecule has 0 aromatic rings. The lowest BCUT2D eigenvalue weighted by Gasteiger charge is -2.27. The van der Waals surface area contributed by atoms with Crippen LogP contribution in [-0.4, -0.2) is 57.3 Å². The zero-order valence-electron chi connectivity index (χ0n) is 39.4. The van der Waals surface area contributed by atoms with Crippen molar-refractivity contribution in [2.45, 2.75) is 269 Å². The number of nitrogens with one attached hydrogen (secondary N) is 1. The average molecular weight is 842 g/mol. The number of unbranched alkanes of at least 4 members (excludes halogenated alkanes) is 27. The molecule has 0 saturated heterocycles. The summed E-state index contributed by atoms with van der Waals surface area (Å²) in [6.45, 7) is 3.97. The van der Waals surface area contributed by atoms with Gasteiger partial charge >= 0.3 is 0 Å². The molecule has 0 rings (SSSR count). The van der Waals surface area contributed by atoms with Gasteiger partial charge in [-0.15, -0.1) is 0 Å². The Kier molecular flexibility index (Phi) is 46.5. The van der Waals surface area contributed by atoms with Crippen molar-refractivity contribution in [1.29, 1.82) is 0 Å². The standard InChI is InChI=1S/C54H99NO5/c1-3-5-7-9-11-13-15-17-19-20-21-22-23-24-25-26-27-28-29-30-31-32-33-34-36-38-40-42-44-46-48-52(58)54(60)55-50(49-56)53(59)51(57)47-45-43-41-39-37-35-18-16-14-12-10-8-6-4-2/h8,10,16,18,21-22,24-25,39,41,50-53,56-59H,3-7,9,11-15,17,19-20,23,26-38,40,42-49H2,1-2H3,(H,55,60)/b10-8+,18-16+,22-21-,25-24-,41-39+. The quantitative estimate of drug-likeness (QED) is 0.0310. The van der Waals surface area contributed by atoms with E-state index in [1.54, 1.807) is 0 Å². The van der Waals surface area contributed by atoms with Gasteiger partial charge in [0.05, 0.1) is 18.8 Å². The molecule has 1 amide bonds. The number of allylic oxidation sites excluding steroid dienone is 10. The van der Waals surface area contributed by atoms with Crippen molar-refractivity contribution in [2.24, 2.45) is 0 Å². The molecule has 0 aliphatic rings. The second-order valence-corrected chi connectivity index (χ2v) is 17.5. The van der Waals surface area contributed by atoms with E-state index < -0.39 is 36.9 Å². The molecule has 0 aliphatic carbocycles. The Balaban J connectivity index is 3.66. The highest BCUT2D eigenvalue weighted by atomic mass is 16.3. The van der Waals surface area contributed by atoms with E-state index in [0.717, 1.165) is 64.2 Å². The fraction of sp³-hybridized carbons (Fsp3) is 0.796. The van der Waals surface area contributed by atoms with Gasteiger partial charge in [0.1, 0.15) is 12.2 Å². The fourth-order valence-corrected chi connectivity index (χ4v) is 7.59. The van der Waals surface area contributed by atoms with Crippen LogP contribution < -0.4 is 5.32 Å². The molecule has 0 fully saturated rings. The summed E-state index contributed by atoms with van der Waals surface area (Å²) < 4.78 is 0. The molecule has 6 nitrogen and oxygen atoms in total. The van der Waals surface area contributed by atoms with Crippen molar-refractivity contribution in [3.8, 4) is 0 Å². The van der Waals surface area contributed by atoms with E-state index >= 15 is 0 Å². The van der Waals surface area contributed by atoms with Crippen molar-refractivity contribution < 1.29 is 25.2 Å².